The van der Waals surface area contributed by atoms with E-state index >= 15 is 0 Å². The largest absolute Gasteiger partial charge is 0.393 e. The molecule has 3 heteroatoms. The molecule has 1 fully saturated rings. The van der Waals surface area contributed by atoms with Gasteiger partial charge < -0.3 is 15.2 Å². The molecule has 1 aliphatic rings. The minimum atomic E-state index is -0.229. The molecule has 0 heterocycles. The van der Waals surface area contributed by atoms with Crippen LogP contribution in [0.5, 0.6) is 0 Å². The van der Waals surface area contributed by atoms with Crippen LogP contribution in [-0.4, -0.2) is 37.5 Å². The third kappa shape index (κ3) is 4.07. The summed E-state index contributed by atoms with van der Waals surface area (Å²) >= 11 is 0. The number of nitrogens with one attached hydrogen (secondary N) is 1. The molecule has 1 saturated carbocycles. The highest BCUT2D eigenvalue weighted by Gasteiger charge is 2.28. The molecular weight excluding hydrogens is 166 g/mol. The van der Waals surface area contributed by atoms with Gasteiger partial charge in [-0.2, -0.15) is 0 Å². The summed E-state index contributed by atoms with van der Waals surface area (Å²) in [6.07, 6.45) is 3.35. The number of ether oxygens (including phenoxy) is 1. The molecule has 0 aromatic heterocycles. The van der Waals surface area contributed by atoms with Gasteiger partial charge in [-0.25, -0.2) is 0 Å². The highest BCUT2D eigenvalue weighted by atomic mass is 16.5. The SMILES string of the molecule is CNCC1CC(OCCC(C)O)C1. The number of hydrogen-bond donors (Lipinski definition) is 2. The van der Waals surface area contributed by atoms with Crippen LogP contribution in [0.15, 0.2) is 0 Å². The highest BCUT2D eigenvalue weighted by molar-refractivity contribution is 4.81. The molecule has 78 valence electrons. The van der Waals surface area contributed by atoms with Crippen LogP contribution in [0.3, 0.4) is 0 Å². The Hall–Kier alpha value is -0.120. The second kappa shape index (κ2) is 5.58. The van der Waals surface area contributed by atoms with Gasteiger partial charge >= 0.3 is 0 Å². The average molecular weight is 187 g/mol. The van der Waals surface area contributed by atoms with Crippen molar-refractivity contribution in [1.29, 1.82) is 0 Å². The van der Waals surface area contributed by atoms with E-state index in [1.54, 1.807) is 6.92 Å². The molecule has 0 radical (unpaired) electrons. The Morgan fingerprint density at radius 1 is 1.54 bits per heavy atom. The lowest BCUT2D eigenvalue weighted by Gasteiger charge is -2.35. The second-order valence-corrected chi connectivity index (χ2v) is 4.03. The van der Waals surface area contributed by atoms with Crippen molar-refractivity contribution >= 4 is 0 Å². The molecule has 1 rings (SSSR count). The van der Waals surface area contributed by atoms with Gasteiger partial charge in [0.2, 0.25) is 0 Å². The Bertz CT molecular complexity index is 133. The summed E-state index contributed by atoms with van der Waals surface area (Å²) in [6, 6.07) is 0. The fourth-order valence-corrected chi connectivity index (χ4v) is 1.67. The molecule has 0 aromatic rings. The predicted octanol–water partition coefficient (Wildman–Crippen LogP) is 0.772. The number of hydrogen-bond acceptors (Lipinski definition) is 3. The first kappa shape index (κ1) is 11.0. The number of rotatable bonds is 6. The zero-order valence-corrected chi connectivity index (χ0v) is 8.62. The molecule has 1 atom stereocenters. The van der Waals surface area contributed by atoms with Crippen LogP contribution < -0.4 is 5.32 Å². The fraction of sp³-hybridized carbons (Fsp3) is 1.00. The van der Waals surface area contributed by atoms with Crippen molar-refractivity contribution in [3.8, 4) is 0 Å². The van der Waals surface area contributed by atoms with Gasteiger partial charge in [-0.05, 0) is 45.7 Å². The van der Waals surface area contributed by atoms with E-state index in [1.165, 1.54) is 12.8 Å². The van der Waals surface area contributed by atoms with E-state index in [1.807, 2.05) is 7.05 Å². The summed E-state index contributed by atoms with van der Waals surface area (Å²) in [5, 5.41) is 12.2. The standard InChI is InChI=1S/C10H21NO2/c1-8(12)3-4-13-10-5-9(6-10)7-11-2/h8-12H,3-7H2,1-2H3. The van der Waals surface area contributed by atoms with Gasteiger partial charge in [0.15, 0.2) is 0 Å². The van der Waals surface area contributed by atoms with Crippen LogP contribution in [0, 0.1) is 5.92 Å². The summed E-state index contributed by atoms with van der Waals surface area (Å²) in [7, 11) is 1.99. The molecule has 0 aliphatic heterocycles. The monoisotopic (exact) mass is 187 g/mol. The Balaban J connectivity index is 1.90. The Kier molecular flexibility index (Phi) is 4.70. The molecule has 0 saturated heterocycles. The maximum atomic E-state index is 9.00. The Labute approximate surface area is 80.5 Å². The molecule has 3 nitrogen and oxygen atoms in total. The quantitative estimate of drug-likeness (QED) is 0.645. The number of aliphatic hydroxyl groups is 1. The van der Waals surface area contributed by atoms with Crippen LogP contribution in [-0.2, 0) is 4.74 Å². The predicted molar refractivity (Wildman–Crippen MR) is 52.7 cm³/mol. The maximum absolute atomic E-state index is 9.00. The van der Waals surface area contributed by atoms with Crippen molar-refractivity contribution in [1.82, 2.24) is 5.32 Å². The molecule has 13 heavy (non-hydrogen) atoms. The normalized spacial score (nSPS) is 29.8. The van der Waals surface area contributed by atoms with Crippen molar-refractivity contribution in [3.63, 3.8) is 0 Å². The van der Waals surface area contributed by atoms with Gasteiger partial charge in [-0.15, -0.1) is 0 Å². The number of aliphatic hydroxyl groups excluding tert-OH is 1. The maximum Gasteiger partial charge on any atom is 0.0581 e. The van der Waals surface area contributed by atoms with E-state index in [2.05, 4.69) is 5.32 Å². The van der Waals surface area contributed by atoms with Gasteiger partial charge in [0.25, 0.3) is 0 Å². The van der Waals surface area contributed by atoms with E-state index in [0.717, 1.165) is 18.9 Å². The summed E-state index contributed by atoms with van der Waals surface area (Å²) in [6.45, 7) is 3.61. The second-order valence-electron chi connectivity index (χ2n) is 4.03. The van der Waals surface area contributed by atoms with Crippen LogP contribution in [0.25, 0.3) is 0 Å². The van der Waals surface area contributed by atoms with Crippen LogP contribution in [0.1, 0.15) is 26.2 Å². The van der Waals surface area contributed by atoms with Crippen molar-refractivity contribution in [2.75, 3.05) is 20.2 Å². The third-order valence-electron chi connectivity index (χ3n) is 2.57. The Morgan fingerprint density at radius 2 is 2.23 bits per heavy atom. The van der Waals surface area contributed by atoms with Crippen LogP contribution >= 0.6 is 0 Å². The molecule has 1 aliphatic carbocycles. The molecule has 2 N–H and O–H groups in total. The van der Waals surface area contributed by atoms with Gasteiger partial charge in [0.1, 0.15) is 0 Å². The summed E-state index contributed by atoms with van der Waals surface area (Å²) in [4.78, 5) is 0. The average Bonchev–Trinajstić information content (AvgIpc) is 1.99. The van der Waals surface area contributed by atoms with Crippen molar-refractivity contribution < 1.29 is 9.84 Å². The zero-order valence-electron chi connectivity index (χ0n) is 8.62. The molecule has 1 unspecified atom stereocenters. The van der Waals surface area contributed by atoms with E-state index in [-0.39, 0.29) is 6.10 Å². The van der Waals surface area contributed by atoms with Crippen molar-refractivity contribution in [2.24, 2.45) is 5.92 Å². The van der Waals surface area contributed by atoms with Crippen molar-refractivity contribution in [3.05, 3.63) is 0 Å². The van der Waals surface area contributed by atoms with Crippen LogP contribution in [0.2, 0.25) is 0 Å². The fourth-order valence-electron chi connectivity index (χ4n) is 1.67. The molecule has 0 aromatic carbocycles. The lowest BCUT2D eigenvalue weighted by atomic mass is 9.82. The van der Waals surface area contributed by atoms with E-state index < -0.39 is 0 Å². The summed E-state index contributed by atoms with van der Waals surface area (Å²) < 4.78 is 5.58. The minimum absolute atomic E-state index is 0.229. The van der Waals surface area contributed by atoms with Gasteiger partial charge in [-0.1, -0.05) is 0 Å². The third-order valence-corrected chi connectivity index (χ3v) is 2.57. The Morgan fingerprint density at radius 3 is 2.77 bits per heavy atom. The van der Waals surface area contributed by atoms with E-state index in [4.69, 9.17) is 9.84 Å². The zero-order chi connectivity index (χ0) is 9.68. The van der Waals surface area contributed by atoms with E-state index in [9.17, 15) is 0 Å². The summed E-state index contributed by atoms with van der Waals surface area (Å²) in [5.74, 6) is 0.807. The minimum Gasteiger partial charge on any atom is -0.393 e. The molecule has 0 amide bonds. The van der Waals surface area contributed by atoms with Crippen LogP contribution in [0.4, 0.5) is 0 Å². The highest BCUT2D eigenvalue weighted by Crippen LogP contribution is 2.29. The van der Waals surface area contributed by atoms with Gasteiger partial charge in [0.05, 0.1) is 12.2 Å². The van der Waals surface area contributed by atoms with Gasteiger partial charge in [-0.3, -0.25) is 0 Å². The topological polar surface area (TPSA) is 41.5 Å². The first-order valence-electron chi connectivity index (χ1n) is 5.16. The summed E-state index contributed by atoms with van der Waals surface area (Å²) in [5.41, 5.74) is 0. The van der Waals surface area contributed by atoms with E-state index in [0.29, 0.717) is 12.7 Å². The lowest BCUT2D eigenvalue weighted by molar-refractivity contribution is -0.0385. The molecule has 0 bridgehead atoms. The molecular formula is C10H21NO2. The van der Waals surface area contributed by atoms with Gasteiger partial charge in [0, 0.05) is 6.61 Å². The lowest BCUT2D eigenvalue weighted by Crippen LogP contribution is -2.37. The first-order chi connectivity index (χ1) is 6.22. The smallest absolute Gasteiger partial charge is 0.0581 e. The first-order valence-corrected chi connectivity index (χ1v) is 5.16. The molecule has 0 spiro atoms. The van der Waals surface area contributed by atoms with Crippen molar-refractivity contribution in [2.45, 2.75) is 38.4 Å².